The zero-order chi connectivity index (χ0) is 19.1. The van der Waals surface area contributed by atoms with Crippen molar-refractivity contribution < 1.29 is 13.2 Å². The van der Waals surface area contributed by atoms with Gasteiger partial charge in [0.1, 0.15) is 0 Å². The zero-order valence-electron chi connectivity index (χ0n) is 15.3. The summed E-state index contributed by atoms with van der Waals surface area (Å²) < 4.78 is 27.3. The van der Waals surface area contributed by atoms with Crippen molar-refractivity contribution in [1.82, 2.24) is 14.6 Å². The zero-order valence-corrected chi connectivity index (χ0v) is 16.1. The van der Waals surface area contributed by atoms with E-state index in [1.807, 2.05) is 31.2 Å². The number of hydrogen-bond donors (Lipinski definition) is 1. The summed E-state index contributed by atoms with van der Waals surface area (Å²) in [5.41, 5.74) is 1.84. The smallest absolute Gasteiger partial charge is 0.243 e. The molecule has 1 spiro atoms. The standard InChI is InChI=1S/C20H23N3O3S/c1-15-2-4-17(5-3-15)27(25,26)23-11-8-20(14-23)12-18(20)19(24)22-13-16-6-9-21-10-7-16/h2-7,9-10,18H,8,11-14H2,1H3,(H,22,24)/t18-,20-/m1/s1. The van der Waals surface area contributed by atoms with Crippen molar-refractivity contribution in [2.24, 2.45) is 11.3 Å². The molecule has 2 heterocycles. The van der Waals surface area contributed by atoms with Gasteiger partial charge in [-0.2, -0.15) is 4.31 Å². The Kier molecular flexibility index (Phi) is 4.52. The number of aryl methyl sites for hydroxylation is 1. The van der Waals surface area contributed by atoms with Crippen LogP contribution in [0.5, 0.6) is 0 Å². The lowest BCUT2D eigenvalue weighted by atomic mass is 10.0. The summed E-state index contributed by atoms with van der Waals surface area (Å²) in [5.74, 6) is -0.0843. The molecular formula is C20H23N3O3S. The molecule has 1 saturated heterocycles. The maximum absolute atomic E-state index is 12.9. The largest absolute Gasteiger partial charge is 0.352 e. The average Bonchev–Trinajstić information content (AvgIpc) is 3.20. The Balaban J connectivity index is 1.38. The highest BCUT2D eigenvalue weighted by molar-refractivity contribution is 7.89. The van der Waals surface area contributed by atoms with Crippen LogP contribution in [0.25, 0.3) is 0 Å². The molecule has 27 heavy (non-hydrogen) atoms. The van der Waals surface area contributed by atoms with Crippen LogP contribution < -0.4 is 5.32 Å². The molecule has 0 bridgehead atoms. The Bertz CT molecular complexity index is 944. The highest BCUT2D eigenvalue weighted by atomic mass is 32.2. The molecule has 1 aromatic carbocycles. The van der Waals surface area contributed by atoms with Gasteiger partial charge in [0.15, 0.2) is 0 Å². The maximum atomic E-state index is 12.9. The van der Waals surface area contributed by atoms with Crippen molar-refractivity contribution in [3.8, 4) is 0 Å². The van der Waals surface area contributed by atoms with Gasteiger partial charge in [0.05, 0.1) is 4.90 Å². The fraction of sp³-hybridized carbons (Fsp3) is 0.400. The number of benzene rings is 1. The van der Waals surface area contributed by atoms with Gasteiger partial charge in [-0.1, -0.05) is 17.7 Å². The lowest BCUT2D eigenvalue weighted by Gasteiger charge is -2.17. The fourth-order valence-electron chi connectivity index (χ4n) is 3.90. The summed E-state index contributed by atoms with van der Waals surface area (Å²) in [6.45, 7) is 3.31. The number of aromatic nitrogens is 1. The lowest BCUT2D eigenvalue weighted by molar-refractivity contribution is -0.123. The average molecular weight is 385 g/mol. The van der Waals surface area contributed by atoms with E-state index in [4.69, 9.17) is 0 Å². The summed E-state index contributed by atoms with van der Waals surface area (Å²) in [4.78, 5) is 16.8. The second-order valence-corrected chi connectivity index (χ2v) is 9.53. The molecule has 1 aliphatic carbocycles. The first kappa shape index (κ1) is 18.1. The van der Waals surface area contributed by atoms with Gasteiger partial charge >= 0.3 is 0 Å². The third-order valence-electron chi connectivity index (χ3n) is 5.73. The van der Waals surface area contributed by atoms with E-state index >= 15 is 0 Å². The first-order valence-corrected chi connectivity index (χ1v) is 10.6. The number of sulfonamides is 1. The van der Waals surface area contributed by atoms with E-state index in [-0.39, 0.29) is 17.2 Å². The number of carbonyl (C=O) groups is 1. The Morgan fingerprint density at radius 1 is 1.22 bits per heavy atom. The van der Waals surface area contributed by atoms with Gasteiger partial charge in [-0.3, -0.25) is 9.78 Å². The van der Waals surface area contributed by atoms with E-state index < -0.39 is 10.0 Å². The van der Waals surface area contributed by atoms with Gasteiger partial charge in [0.25, 0.3) is 0 Å². The SMILES string of the molecule is Cc1ccc(S(=O)(=O)N2CC[C@@]3(C[C@@H]3C(=O)NCc3ccncc3)C2)cc1. The highest BCUT2D eigenvalue weighted by Gasteiger charge is 2.62. The first-order valence-electron chi connectivity index (χ1n) is 9.14. The maximum Gasteiger partial charge on any atom is 0.243 e. The Morgan fingerprint density at radius 3 is 2.63 bits per heavy atom. The van der Waals surface area contributed by atoms with Crippen LogP contribution in [0.1, 0.15) is 24.0 Å². The monoisotopic (exact) mass is 385 g/mol. The minimum Gasteiger partial charge on any atom is -0.352 e. The van der Waals surface area contributed by atoms with Gasteiger partial charge in [0, 0.05) is 37.9 Å². The van der Waals surface area contributed by atoms with Gasteiger partial charge in [-0.15, -0.1) is 0 Å². The van der Waals surface area contributed by atoms with Crippen LogP contribution in [0.2, 0.25) is 0 Å². The Morgan fingerprint density at radius 2 is 1.93 bits per heavy atom. The Hall–Kier alpha value is -2.25. The minimum absolute atomic E-state index is 0.0152. The normalized spacial score (nSPS) is 24.9. The van der Waals surface area contributed by atoms with E-state index in [1.54, 1.807) is 24.5 Å². The molecule has 4 rings (SSSR count). The molecule has 142 valence electrons. The summed E-state index contributed by atoms with van der Waals surface area (Å²) >= 11 is 0. The summed E-state index contributed by atoms with van der Waals surface area (Å²) in [6.07, 6.45) is 4.90. The summed E-state index contributed by atoms with van der Waals surface area (Å²) in [5, 5.41) is 2.97. The molecule has 1 saturated carbocycles. The van der Waals surface area contributed by atoms with Crippen LogP contribution in [0, 0.1) is 18.3 Å². The van der Waals surface area contributed by atoms with E-state index in [1.165, 1.54) is 4.31 Å². The second kappa shape index (κ2) is 6.73. The van der Waals surface area contributed by atoms with E-state index in [0.29, 0.717) is 24.5 Å². The van der Waals surface area contributed by atoms with Crippen LogP contribution in [-0.4, -0.2) is 36.7 Å². The minimum atomic E-state index is -3.50. The van der Waals surface area contributed by atoms with Crippen molar-refractivity contribution in [3.05, 3.63) is 59.9 Å². The van der Waals surface area contributed by atoms with Crippen LogP contribution in [0.3, 0.4) is 0 Å². The molecule has 1 aliphatic heterocycles. The van der Waals surface area contributed by atoms with Crippen molar-refractivity contribution in [3.63, 3.8) is 0 Å². The number of nitrogens with one attached hydrogen (secondary N) is 1. The highest BCUT2D eigenvalue weighted by Crippen LogP contribution is 2.59. The third-order valence-corrected chi connectivity index (χ3v) is 7.59. The fourth-order valence-corrected chi connectivity index (χ4v) is 5.44. The summed E-state index contributed by atoms with van der Waals surface area (Å²) in [7, 11) is -3.50. The van der Waals surface area contributed by atoms with Crippen molar-refractivity contribution in [2.45, 2.75) is 31.2 Å². The van der Waals surface area contributed by atoms with Crippen LogP contribution in [-0.2, 0) is 21.4 Å². The van der Waals surface area contributed by atoms with Gasteiger partial charge in [-0.05, 0) is 55.0 Å². The van der Waals surface area contributed by atoms with E-state index in [2.05, 4.69) is 10.3 Å². The number of carbonyl (C=O) groups excluding carboxylic acids is 1. The van der Waals surface area contributed by atoms with Crippen molar-refractivity contribution in [1.29, 1.82) is 0 Å². The van der Waals surface area contributed by atoms with Gasteiger partial charge in [0.2, 0.25) is 15.9 Å². The van der Waals surface area contributed by atoms with E-state index in [9.17, 15) is 13.2 Å². The summed E-state index contributed by atoms with van der Waals surface area (Å²) in [6, 6.07) is 10.7. The third kappa shape index (κ3) is 3.49. The number of rotatable bonds is 5. The number of amides is 1. The molecule has 0 radical (unpaired) electrons. The molecule has 2 aromatic rings. The molecule has 1 N–H and O–H groups in total. The lowest BCUT2D eigenvalue weighted by Crippen LogP contribution is -2.31. The number of hydrogen-bond acceptors (Lipinski definition) is 4. The van der Waals surface area contributed by atoms with E-state index in [0.717, 1.165) is 24.0 Å². The predicted molar refractivity (Wildman–Crippen MR) is 101 cm³/mol. The molecule has 2 fully saturated rings. The molecule has 2 aliphatic rings. The van der Waals surface area contributed by atoms with Crippen molar-refractivity contribution >= 4 is 15.9 Å². The van der Waals surface area contributed by atoms with Crippen LogP contribution in [0.4, 0.5) is 0 Å². The predicted octanol–water partition coefficient (Wildman–Crippen LogP) is 2.11. The molecule has 1 amide bonds. The van der Waals surface area contributed by atoms with Crippen molar-refractivity contribution in [2.75, 3.05) is 13.1 Å². The number of nitrogens with zero attached hydrogens (tertiary/aromatic N) is 2. The Labute approximate surface area is 159 Å². The molecule has 2 atom stereocenters. The topological polar surface area (TPSA) is 79.4 Å². The quantitative estimate of drug-likeness (QED) is 0.855. The molecule has 7 heteroatoms. The molecule has 0 unspecified atom stereocenters. The van der Waals surface area contributed by atoms with Crippen LogP contribution in [0.15, 0.2) is 53.7 Å². The van der Waals surface area contributed by atoms with Gasteiger partial charge in [-0.25, -0.2) is 8.42 Å². The molecule has 6 nitrogen and oxygen atoms in total. The molecule has 1 aromatic heterocycles. The van der Waals surface area contributed by atoms with Crippen LogP contribution >= 0.6 is 0 Å². The van der Waals surface area contributed by atoms with Gasteiger partial charge < -0.3 is 5.32 Å². The first-order chi connectivity index (χ1) is 12.9. The second-order valence-electron chi connectivity index (χ2n) is 7.59. The number of pyridine rings is 1. The molecular weight excluding hydrogens is 362 g/mol.